The van der Waals surface area contributed by atoms with Gasteiger partial charge in [-0.3, -0.25) is 14.3 Å². The molecular weight excluding hydrogens is 434 g/mol. The van der Waals surface area contributed by atoms with Gasteiger partial charge in [0, 0.05) is 38.6 Å². The molecule has 0 bridgehead atoms. The summed E-state index contributed by atoms with van der Waals surface area (Å²) in [5.41, 5.74) is 1.21. The highest BCUT2D eigenvalue weighted by molar-refractivity contribution is 6.36. The maximum atomic E-state index is 12.0. The molecule has 4 rings (SSSR count). The third kappa shape index (κ3) is 4.67. The van der Waals surface area contributed by atoms with Crippen LogP contribution in [0.4, 0.5) is 17.5 Å². The molecule has 0 aromatic carbocycles. The summed E-state index contributed by atoms with van der Waals surface area (Å²) in [6, 6.07) is 0.0138. The zero-order chi connectivity index (χ0) is 22.7. The second-order valence-electron chi connectivity index (χ2n) is 7.45. The lowest BCUT2D eigenvalue weighted by Crippen LogP contribution is -2.44. The van der Waals surface area contributed by atoms with Crippen LogP contribution in [0.2, 0.25) is 5.02 Å². The van der Waals surface area contributed by atoms with Gasteiger partial charge in [0.05, 0.1) is 22.3 Å². The van der Waals surface area contributed by atoms with E-state index < -0.39 is 0 Å². The maximum Gasteiger partial charge on any atom is 0.246 e. The first-order chi connectivity index (χ1) is 15.5. The summed E-state index contributed by atoms with van der Waals surface area (Å²) < 4.78 is 1.51. The van der Waals surface area contributed by atoms with Crippen LogP contribution < -0.4 is 16.0 Å². The number of H-pyrrole nitrogens is 1. The van der Waals surface area contributed by atoms with E-state index in [2.05, 4.69) is 42.6 Å². The number of amides is 2. The van der Waals surface area contributed by atoms with Crippen molar-refractivity contribution in [2.24, 2.45) is 0 Å². The highest BCUT2D eigenvalue weighted by Crippen LogP contribution is 2.31. The van der Waals surface area contributed by atoms with Crippen LogP contribution in [0, 0.1) is 0 Å². The minimum absolute atomic E-state index is 0.0138. The predicted octanol–water partition coefficient (Wildman–Crippen LogP) is 1.89. The van der Waals surface area contributed by atoms with Crippen LogP contribution in [0.5, 0.6) is 0 Å². The van der Waals surface area contributed by atoms with Crippen molar-refractivity contribution in [3.05, 3.63) is 36.3 Å². The Labute approximate surface area is 189 Å². The van der Waals surface area contributed by atoms with Gasteiger partial charge in [0.2, 0.25) is 17.8 Å². The molecule has 11 nitrogen and oxygen atoms in total. The van der Waals surface area contributed by atoms with Crippen molar-refractivity contribution >= 4 is 51.9 Å². The number of anilines is 3. The van der Waals surface area contributed by atoms with Gasteiger partial charge < -0.3 is 25.8 Å². The van der Waals surface area contributed by atoms with Crippen molar-refractivity contribution in [3.8, 4) is 0 Å². The normalized spacial score (nSPS) is 16.1. The molecule has 1 atom stereocenters. The molecule has 1 aliphatic rings. The van der Waals surface area contributed by atoms with E-state index in [9.17, 15) is 9.59 Å². The highest BCUT2D eigenvalue weighted by Gasteiger charge is 2.24. The van der Waals surface area contributed by atoms with Crippen molar-refractivity contribution in [2.75, 3.05) is 30.8 Å². The Bertz CT molecular complexity index is 1160. The van der Waals surface area contributed by atoms with Crippen molar-refractivity contribution in [1.82, 2.24) is 34.9 Å². The van der Waals surface area contributed by atoms with E-state index >= 15 is 0 Å². The molecule has 0 spiro atoms. The molecule has 0 unspecified atom stereocenters. The third-order valence-corrected chi connectivity index (χ3v) is 5.50. The second kappa shape index (κ2) is 9.27. The third-order valence-electron chi connectivity index (χ3n) is 5.21. The highest BCUT2D eigenvalue weighted by atomic mass is 35.5. The molecule has 0 saturated carbocycles. The summed E-state index contributed by atoms with van der Waals surface area (Å²) in [7, 11) is 1.57. The minimum Gasteiger partial charge on any atom is -0.365 e. The van der Waals surface area contributed by atoms with Crippen LogP contribution >= 0.6 is 11.6 Å². The lowest BCUT2D eigenvalue weighted by Gasteiger charge is -2.33. The van der Waals surface area contributed by atoms with E-state index in [1.807, 2.05) is 0 Å². The fourth-order valence-electron chi connectivity index (χ4n) is 3.64. The van der Waals surface area contributed by atoms with Gasteiger partial charge in [-0.1, -0.05) is 18.2 Å². The number of likely N-dealkylation sites (N-methyl/N-ethyl adjacent to an activating group) is 1. The van der Waals surface area contributed by atoms with Gasteiger partial charge in [0.25, 0.3) is 0 Å². The maximum absolute atomic E-state index is 12.0. The molecule has 12 heteroatoms. The average molecular weight is 458 g/mol. The first-order valence-corrected chi connectivity index (χ1v) is 10.6. The lowest BCUT2D eigenvalue weighted by atomic mass is 10.1. The molecule has 2 amide bonds. The van der Waals surface area contributed by atoms with Crippen LogP contribution in [0.15, 0.2) is 31.2 Å². The Balaban J connectivity index is 1.56. The number of carbonyl (C=O) groups is 2. The summed E-state index contributed by atoms with van der Waals surface area (Å²) >= 11 is 6.37. The number of likely N-dealkylation sites (tertiary alicyclic amines) is 1. The SMILES string of the molecule is C=CC(=O)N1CCC[C@@H](Nc2nc(Nc3cnn(CC(=O)NC)c3)nc3[nH]cc(Cl)c23)C1. The first kappa shape index (κ1) is 21.6. The van der Waals surface area contributed by atoms with Crippen molar-refractivity contribution in [1.29, 1.82) is 0 Å². The van der Waals surface area contributed by atoms with Gasteiger partial charge in [-0.2, -0.15) is 15.1 Å². The molecule has 3 aromatic heterocycles. The van der Waals surface area contributed by atoms with Crippen LogP contribution in [0.3, 0.4) is 0 Å². The number of hydrogen-bond acceptors (Lipinski definition) is 7. The van der Waals surface area contributed by atoms with Gasteiger partial charge >= 0.3 is 0 Å². The van der Waals surface area contributed by atoms with Crippen molar-refractivity contribution in [2.45, 2.75) is 25.4 Å². The van der Waals surface area contributed by atoms with Gasteiger partial charge in [0.1, 0.15) is 18.0 Å². The van der Waals surface area contributed by atoms with E-state index in [0.29, 0.717) is 46.6 Å². The van der Waals surface area contributed by atoms with Crippen molar-refractivity contribution in [3.63, 3.8) is 0 Å². The smallest absolute Gasteiger partial charge is 0.246 e. The van der Waals surface area contributed by atoms with Gasteiger partial charge in [-0.15, -0.1) is 0 Å². The molecule has 168 valence electrons. The standard InChI is InChI=1S/C20H24ClN9O2/c1-3-16(32)29-6-4-5-12(9-29)25-19-17-14(21)8-23-18(17)27-20(28-19)26-13-7-24-30(10-13)11-15(31)22-2/h3,7-8,10,12H,1,4-6,9,11H2,2H3,(H,22,31)(H3,23,25,26,27,28)/t12-/m1/s1. The van der Waals surface area contributed by atoms with Gasteiger partial charge in [-0.25, -0.2) is 0 Å². The van der Waals surface area contributed by atoms with Crippen LogP contribution in [0.25, 0.3) is 11.0 Å². The van der Waals surface area contributed by atoms with Crippen molar-refractivity contribution < 1.29 is 9.59 Å². The number of rotatable bonds is 7. The van der Waals surface area contributed by atoms with Gasteiger partial charge in [-0.05, 0) is 18.9 Å². The molecule has 1 aliphatic heterocycles. The van der Waals surface area contributed by atoms with E-state index in [0.717, 1.165) is 12.8 Å². The monoisotopic (exact) mass is 457 g/mol. The Kier molecular flexibility index (Phi) is 6.26. The van der Waals surface area contributed by atoms with E-state index in [1.54, 1.807) is 30.5 Å². The number of piperidine rings is 1. The molecule has 1 saturated heterocycles. The Morgan fingerprint density at radius 1 is 1.41 bits per heavy atom. The molecule has 3 aromatic rings. The Morgan fingerprint density at radius 2 is 2.25 bits per heavy atom. The number of carbonyl (C=O) groups excluding carboxylic acids is 2. The van der Waals surface area contributed by atoms with E-state index in [1.165, 1.54) is 10.8 Å². The summed E-state index contributed by atoms with van der Waals surface area (Å²) in [4.78, 5) is 37.5. The number of aromatic nitrogens is 5. The minimum atomic E-state index is -0.152. The van der Waals surface area contributed by atoms with E-state index in [-0.39, 0.29) is 24.4 Å². The average Bonchev–Trinajstić information content (AvgIpc) is 3.39. The van der Waals surface area contributed by atoms with E-state index in [4.69, 9.17) is 11.6 Å². The number of nitrogens with one attached hydrogen (secondary N) is 4. The summed E-state index contributed by atoms with van der Waals surface area (Å²) in [6.45, 7) is 4.94. The largest absolute Gasteiger partial charge is 0.365 e. The molecule has 32 heavy (non-hydrogen) atoms. The summed E-state index contributed by atoms with van der Waals surface area (Å²) in [5.74, 6) is 0.675. The number of aromatic amines is 1. The van der Waals surface area contributed by atoms with Crippen LogP contribution in [-0.2, 0) is 16.1 Å². The topological polar surface area (TPSA) is 133 Å². The number of fused-ring (bicyclic) bond motifs is 1. The molecule has 0 radical (unpaired) electrons. The fraction of sp³-hybridized carbons (Fsp3) is 0.350. The Morgan fingerprint density at radius 3 is 3.03 bits per heavy atom. The fourth-order valence-corrected chi connectivity index (χ4v) is 3.88. The molecule has 4 N–H and O–H groups in total. The molecule has 4 heterocycles. The van der Waals surface area contributed by atoms with Gasteiger partial charge in [0.15, 0.2) is 0 Å². The first-order valence-electron chi connectivity index (χ1n) is 10.2. The number of hydrogen-bond donors (Lipinski definition) is 4. The second-order valence-corrected chi connectivity index (χ2v) is 7.86. The zero-order valence-corrected chi connectivity index (χ0v) is 18.3. The quantitative estimate of drug-likeness (QED) is 0.398. The molecular formula is C20H24ClN9O2. The summed E-state index contributed by atoms with van der Waals surface area (Å²) in [6.07, 6.45) is 8.04. The lowest BCUT2D eigenvalue weighted by molar-refractivity contribution is -0.127. The van der Waals surface area contributed by atoms with Crippen LogP contribution in [-0.4, -0.2) is 67.6 Å². The molecule has 1 fully saturated rings. The Hall–Kier alpha value is -3.60. The summed E-state index contributed by atoms with van der Waals surface area (Å²) in [5, 5.41) is 14.4. The number of nitrogens with zero attached hydrogens (tertiary/aromatic N) is 5. The van der Waals surface area contributed by atoms with Crippen LogP contribution in [0.1, 0.15) is 12.8 Å². The predicted molar refractivity (Wildman–Crippen MR) is 122 cm³/mol. The zero-order valence-electron chi connectivity index (χ0n) is 17.6. The number of halogens is 1. The molecule has 0 aliphatic carbocycles.